The molecule has 3 rings (SSSR count). The molecule has 1 saturated heterocycles. The Morgan fingerprint density at radius 2 is 2.24 bits per heavy atom. The third-order valence-electron chi connectivity index (χ3n) is 3.83. The van der Waals surface area contributed by atoms with Crippen LogP contribution in [0.15, 0.2) is 18.2 Å². The van der Waals surface area contributed by atoms with Crippen LogP contribution in [-0.4, -0.2) is 19.1 Å². The smallest absolute Gasteiger partial charge is 0.339 e. The minimum atomic E-state index is -0.392. The second kappa shape index (κ2) is 3.57. The number of nitrogens with one attached hydrogen (secondary N) is 1. The number of rotatable bonds is 1. The first-order valence-electron chi connectivity index (χ1n) is 6.21. The molecule has 2 heterocycles. The summed E-state index contributed by atoms with van der Waals surface area (Å²) in [5, 5.41) is 3.29. The van der Waals surface area contributed by atoms with E-state index in [0.717, 1.165) is 30.6 Å². The van der Waals surface area contributed by atoms with Gasteiger partial charge in [-0.05, 0) is 24.1 Å². The highest BCUT2D eigenvalue weighted by Gasteiger charge is 2.47. The molecule has 0 amide bonds. The Balaban J connectivity index is 2.13. The third kappa shape index (κ3) is 1.49. The van der Waals surface area contributed by atoms with Gasteiger partial charge in [-0.15, -0.1) is 0 Å². The van der Waals surface area contributed by atoms with E-state index in [-0.39, 0.29) is 5.97 Å². The summed E-state index contributed by atoms with van der Waals surface area (Å²) in [5.41, 5.74) is 2.71. The highest BCUT2D eigenvalue weighted by atomic mass is 16.6. The van der Waals surface area contributed by atoms with Crippen molar-refractivity contribution in [2.75, 3.05) is 13.1 Å². The van der Waals surface area contributed by atoms with Gasteiger partial charge in [0.15, 0.2) is 5.60 Å². The zero-order valence-electron chi connectivity index (χ0n) is 10.2. The quantitative estimate of drug-likeness (QED) is 0.753. The minimum absolute atomic E-state index is 0.168. The Hall–Kier alpha value is -1.35. The van der Waals surface area contributed by atoms with Crippen LogP contribution in [0, 0.1) is 0 Å². The maximum absolute atomic E-state index is 11.9. The molecule has 90 valence electrons. The average Bonchev–Trinajstić information content (AvgIpc) is 2.87. The summed E-state index contributed by atoms with van der Waals surface area (Å²) < 4.78 is 5.61. The van der Waals surface area contributed by atoms with E-state index < -0.39 is 5.60 Å². The summed E-state index contributed by atoms with van der Waals surface area (Å²) in [7, 11) is 0. The van der Waals surface area contributed by atoms with Crippen molar-refractivity contribution >= 4 is 5.97 Å². The minimum Gasteiger partial charge on any atom is -0.449 e. The van der Waals surface area contributed by atoms with E-state index in [4.69, 9.17) is 4.74 Å². The molecule has 0 saturated carbocycles. The molecular formula is C14H17NO2. The van der Waals surface area contributed by atoms with Crippen molar-refractivity contribution in [3.63, 3.8) is 0 Å². The van der Waals surface area contributed by atoms with E-state index in [1.807, 2.05) is 12.1 Å². The van der Waals surface area contributed by atoms with E-state index >= 15 is 0 Å². The summed E-state index contributed by atoms with van der Waals surface area (Å²) in [6, 6.07) is 6.10. The lowest BCUT2D eigenvalue weighted by molar-refractivity contribution is 0.00162. The zero-order valence-corrected chi connectivity index (χ0v) is 10.2. The number of carbonyl (C=O) groups is 1. The second-order valence-electron chi connectivity index (χ2n) is 5.27. The van der Waals surface area contributed by atoms with Crippen LogP contribution in [0.5, 0.6) is 0 Å². The lowest BCUT2D eigenvalue weighted by Crippen LogP contribution is -2.28. The van der Waals surface area contributed by atoms with Gasteiger partial charge in [0, 0.05) is 18.5 Å². The summed E-state index contributed by atoms with van der Waals surface area (Å²) in [4.78, 5) is 11.9. The van der Waals surface area contributed by atoms with Gasteiger partial charge in [0.2, 0.25) is 0 Å². The van der Waals surface area contributed by atoms with E-state index in [9.17, 15) is 4.79 Å². The first-order valence-corrected chi connectivity index (χ1v) is 6.21. The van der Waals surface area contributed by atoms with Crippen molar-refractivity contribution in [1.82, 2.24) is 5.32 Å². The normalized spacial score (nSPS) is 26.6. The van der Waals surface area contributed by atoms with Gasteiger partial charge in [0.1, 0.15) is 0 Å². The van der Waals surface area contributed by atoms with Crippen LogP contribution < -0.4 is 5.32 Å². The Kier molecular flexibility index (Phi) is 2.26. The Morgan fingerprint density at radius 1 is 1.41 bits per heavy atom. The SMILES string of the molecule is CC(C)c1ccc2c(c1)C1(CCNC1)OC2=O. The average molecular weight is 231 g/mol. The van der Waals surface area contributed by atoms with E-state index in [0.29, 0.717) is 5.92 Å². The monoisotopic (exact) mass is 231 g/mol. The fourth-order valence-corrected chi connectivity index (χ4v) is 2.75. The van der Waals surface area contributed by atoms with E-state index in [2.05, 4.69) is 25.2 Å². The first-order chi connectivity index (χ1) is 8.12. The maximum Gasteiger partial charge on any atom is 0.339 e. The molecule has 1 aromatic rings. The summed E-state index contributed by atoms with van der Waals surface area (Å²) in [5.74, 6) is 0.307. The van der Waals surface area contributed by atoms with Gasteiger partial charge < -0.3 is 10.1 Å². The maximum atomic E-state index is 11.9. The van der Waals surface area contributed by atoms with Gasteiger partial charge in [-0.1, -0.05) is 26.0 Å². The van der Waals surface area contributed by atoms with Crippen molar-refractivity contribution in [3.8, 4) is 0 Å². The molecule has 1 fully saturated rings. The molecule has 2 aliphatic heterocycles. The number of benzene rings is 1. The molecule has 1 N–H and O–H groups in total. The van der Waals surface area contributed by atoms with Crippen molar-refractivity contribution in [1.29, 1.82) is 0 Å². The van der Waals surface area contributed by atoms with Crippen LogP contribution in [0.25, 0.3) is 0 Å². The number of esters is 1. The van der Waals surface area contributed by atoms with Crippen molar-refractivity contribution in [2.45, 2.75) is 31.8 Å². The van der Waals surface area contributed by atoms with Crippen LogP contribution in [0.2, 0.25) is 0 Å². The fourth-order valence-electron chi connectivity index (χ4n) is 2.75. The highest BCUT2D eigenvalue weighted by molar-refractivity contribution is 5.95. The van der Waals surface area contributed by atoms with Crippen molar-refractivity contribution in [2.24, 2.45) is 0 Å². The molecule has 0 bridgehead atoms. The molecule has 0 radical (unpaired) electrons. The zero-order chi connectivity index (χ0) is 12.0. The molecule has 17 heavy (non-hydrogen) atoms. The van der Waals surface area contributed by atoms with Gasteiger partial charge in [0.05, 0.1) is 5.56 Å². The summed E-state index contributed by atoms with van der Waals surface area (Å²) >= 11 is 0. The molecule has 2 aliphatic rings. The van der Waals surface area contributed by atoms with Gasteiger partial charge >= 0.3 is 5.97 Å². The van der Waals surface area contributed by atoms with E-state index in [1.165, 1.54) is 5.56 Å². The summed E-state index contributed by atoms with van der Waals surface area (Å²) in [6.07, 6.45) is 0.882. The lowest BCUT2D eigenvalue weighted by atomic mass is 9.88. The molecule has 1 aromatic carbocycles. The number of carbonyl (C=O) groups excluding carboxylic acids is 1. The highest BCUT2D eigenvalue weighted by Crippen LogP contribution is 2.41. The van der Waals surface area contributed by atoms with Crippen molar-refractivity contribution < 1.29 is 9.53 Å². The molecule has 1 spiro atoms. The fraction of sp³-hybridized carbons (Fsp3) is 0.500. The lowest BCUT2D eigenvalue weighted by Gasteiger charge is -2.22. The van der Waals surface area contributed by atoms with Gasteiger partial charge in [-0.3, -0.25) is 0 Å². The summed E-state index contributed by atoms with van der Waals surface area (Å²) in [6.45, 7) is 5.99. The third-order valence-corrected chi connectivity index (χ3v) is 3.83. The van der Waals surface area contributed by atoms with Crippen LogP contribution in [0.4, 0.5) is 0 Å². The van der Waals surface area contributed by atoms with Crippen LogP contribution in [-0.2, 0) is 10.3 Å². The van der Waals surface area contributed by atoms with E-state index in [1.54, 1.807) is 0 Å². The number of ether oxygens (including phenoxy) is 1. The van der Waals surface area contributed by atoms with Gasteiger partial charge in [-0.2, -0.15) is 0 Å². The molecule has 1 unspecified atom stereocenters. The van der Waals surface area contributed by atoms with Gasteiger partial charge in [-0.25, -0.2) is 4.79 Å². The predicted molar refractivity (Wildman–Crippen MR) is 65.1 cm³/mol. The van der Waals surface area contributed by atoms with Crippen molar-refractivity contribution in [3.05, 3.63) is 34.9 Å². The van der Waals surface area contributed by atoms with Gasteiger partial charge in [0.25, 0.3) is 0 Å². The van der Waals surface area contributed by atoms with Crippen LogP contribution in [0.1, 0.15) is 47.7 Å². The molecule has 3 nitrogen and oxygen atoms in total. The molecule has 1 atom stereocenters. The molecule has 0 aromatic heterocycles. The number of fused-ring (bicyclic) bond motifs is 2. The Bertz CT molecular complexity index is 473. The Labute approximate surface area is 101 Å². The second-order valence-corrected chi connectivity index (χ2v) is 5.27. The molecular weight excluding hydrogens is 214 g/mol. The Morgan fingerprint density at radius 3 is 2.88 bits per heavy atom. The molecule has 3 heteroatoms. The largest absolute Gasteiger partial charge is 0.449 e. The topological polar surface area (TPSA) is 38.3 Å². The number of hydrogen-bond donors (Lipinski definition) is 1. The first kappa shape index (κ1) is 10.8. The number of hydrogen-bond acceptors (Lipinski definition) is 3. The standard InChI is InChI=1S/C14H17NO2/c1-9(2)10-3-4-11-12(7-10)14(17-13(11)16)5-6-15-8-14/h3-4,7,9,15H,5-6,8H2,1-2H3. The molecule has 0 aliphatic carbocycles. The van der Waals surface area contributed by atoms with Crippen LogP contribution in [0.3, 0.4) is 0 Å². The van der Waals surface area contributed by atoms with Crippen LogP contribution >= 0.6 is 0 Å². The predicted octanol–water partition coefficient (Wildman–Crippen LogP) is 2.17.